The zero-order valence-corrected chi connectivity index (χ0v) is 16.6. The molecule has 4 atom stereocenters. The maximum Gasteiger partial charge on any atom is 0.406 e. The summed E-state index contributed by atoms with van der Waals surface area (Å²) in [4.78, 5) is 25.6. The fourth-order valence-corrected chi connectivity index (χ4v) is 3.95. The predicted octanol–water partition coefficient (Wildman–Crippen LogP) is 0.346. The number of fused-ring (bicyclic) bond motifs is 3. The van der Waals surface area contributed by atoms with Crippen molar-refractivity contribution in [1.82, 2.24) is 10.2 Å². The third-order valence-corrected chi connectivity index (χ3v) is 5.17. The van der Waals surface area contributed by atoms with Crippen LogP contribution in [0.4, 0.5) is 13.2 Å². The minimum Gasteiger partial charge on any atom is -0.486 e. The Morgan fingerprint density at radius 2 is 2.00 bits per heavy atom. The van der Waals surface area contributed by atoms with Gasteiger partial charge >= 0.3 is 6.18 Å². The number of ether oxygens (including phenoxy) is 2. The third-order valence-electron chi connectivity index (χ3n) is 5.17. The number of alkyl halides is 3. The number of methoxy groups -OCH3 is 1. The van der Waals surface area contributed by atoms with Crippen molar-refractivity contribution >= 4 is 11.8 Å². The van der Waals surface area contributed by atoms with Gasteiger partial charge in [-0.05, 0) is 12.1 Å². The largest absolute Gasteiger partial charge is 0.486 e. The van der Waals surface area contributed by atoms with E-state index in [9.17, 15) is 27.9 Å². The van der Waals surface area contributed by atoms with Crippen LogP contribution in [-0.2, 0) is 14.3 Å². The molecular formula is C20H23F3N2O6. The molecule has 2 aliphatic rings. The molecule has 8 nitrogen and oxygen atoms in total. The molecule has 0 radical (unpaired) electrons. The van der Waals surface area contributed by atoms with E-state index in [-0.39, 0.29) is 18.7 Å². The molecule has 3 N–H and O–H groups in total. The van der Waals surface area contributed by atoms with Crippen molar-refractivity contribution in [2.24, 2.45) is 0 Å². The molecule has 1 aromatic carbocycles. The molecular weight excluding hydrogens is 421 g/mol. The average Bonchev–Trinajstić information content (AvgIpc) is 3.10. The van der Waals surface area contributed by atoms with Gasteiger partial charge in [0, 0.05) is 24.8 Å². The summed E-state index contributed by atoms with van der Waals surface area (Å²) in [7, 11) is 1.16. The van der Waals surface area contributed by atoms with E-state index in [2.05, 4.69) is 5.32 Å². The summed E-state index contributed by atoms with van der Waals surface area (Å²) in [6, 6.07) is 5.25. The molecule has 0 saturated heterocycles. The van der Waals surface area contributed by atoms with E-state index in [0.29, 0.717) is 16.2 Å². The van der Waals surface area contributed by atoms with Crippen LogP contribution in [0.3, 0.4) is 0 Å². The second-order valence-corrected chi connectivity index (χ2v) is 7.25. The molecule has 0 spiro atoms. The van der Waals surface area contributed by atoms with Crippen molar-refractivity contribution in [3.63, 3.8) is 0 Å². The third kappa shape index (κ3) is 4.83. The topological polar surface area (TPSA) is 108 Å². The van der Waals surface area contributed by atoms with E-state index in [0.717, 1.165) is 7.11 Å². The Morgan fingerprint density at radius 1 is 1.29 bits per heavy atom. The summed E-state index contributed by atoms with van der Waals surface area (Å²) in [6.07, 6.45) is -6.18. The summed E-state index contributed by atoms with van der Waals surface area (Å²) in [5.74, 6) is -1.98. The lowest BCUT2D eigenvalue weighted by Crippen LogP contribution is -2.58. The summed E-state index contributed by atoms with van der Waals surface area (Å²) >= 11 is 0. The highest BCUT2D eigenvalue weighted by Gasteiger charge is 2.51. The number of aliphatic hydroxyl groups is 2. The summed E-state index contributed by atoms with van der Waals surface area (Å²) in [5.41, 5.74) is 0.650. The Labute approximate surface area is 176 Å². The molecule has 0 fully saturated rings. The predicted molar refractivity (Wildman–Crippen MR) is 101 cm³/mol. The van der Waals surface area contributed by atoms with Gasteiger partial charge in [0.1, 0.15) is 31.1 Å². The number of nitrogens with one attached hydrogen (secondary N) is 1. The van der Waals surface area contributed by atoms with Crippen molar-refractivity contribution in [3.05, 3.63) is 41.5 Å². The first kappa shape index (κ1) is 23.0. The number of carbonyl (C=O) groups excluding carboxylic acids is 2. The van der Waals surface area contributed by atoms with Crippen LogP contribution in [0.2, 0.25) is 0 Å². The number of aliphatic hydroxyl groups excluding tert-OH is 2. The molecule has 2 amide bonds. The number of hydrogen-bond donors (Lipinski definition) is 3. The molecule has 1 aliphatic carbocycles. The Hall–Kier alpha value is -2.63. The molecule has 170 valence electrons. The van der Waals surface area contributed by atoms with Crippen LogP contribution in [0.5, 0.6) is 5.75 Å². The quantitative estimate of drug-likeness (QED) is 0.560. The summed E-state index contributed by atoms with van der Waals surface area (Å²) in [6.45, 7) is -2.67. The number of carbonyl (C=O) groups is 2. The van der Waals surface area contributed by atoms with Crippen LogP contribution in [0.25, 0.3) is 0 Å². The first-order valence-corrected chi connectivity index (χ1v) is 9.57. The van der Waals surface area contributed by atoms with Gasteiger partial charge in [0.15, 0.2) is 0 Å². The SMILES string of the molecule is COCC(=O)N(CC(F)(F)F)[C@@H]1C=C(C(=O)NCCO)[C@@H]2c3ccccc3O[C@@H]2[C@H]1O. The van der Waals surface area contributed by atoms with Gasteiger partial charge in [-0.15, -0.1) is 0 Å². The first-order valence-electron chi connectivity index (χ1n) is 9.57. The molecule has 0 unspecified atom stereocenters. The van der Waals surface area contributed by atoms with Crippen molar-refractivity contribution < 1.29 is 42.4 Å². The number of rotatable bonds is 7. The molecule has 1 aromatic rings. The Kier molecular flexibility index (Phi) is 6.87. The number of amides is 2. The lowest BCUT2D eigenvalue weighted by Gasteiger charge is -2.40. The average molecular weight is 444 g/mol. The van der Waals surface area contributed by atoms with Gasteiger partial charge in [-0.25, -0.2) is 0 Å². The van der Waals surface area contributed by atoms with Crippen molar-refractivity contribution in [2.75, 3.05) is 33.4 Å². The molecule has 11 heteroatoms. The molecule has 1 heterocycles. The van der Waals surface area contributed by atoms with Crippen LogP contribution in [-0.4, -0.2) is 84.8 Å². The summed E-state index contributed by atoms with van der Waals surface area (Å²) in [5, 5.41) is 22.4. The van der Waals surface area contributed by atoms with Crippen LogP contribution < -0.4 is 10.1 Å². The Bertz CT molecular complexity index is 860. The second kappa shape index (κ2) is 9.25. The molecule has 3 rings (SSSR count). The van der Waals surface area contributed by atoms with E-state index in [1.54, 1.807) is 24.3 Å². The number of halogens is 3. The minimum absolute atomic E-state index is 0.0519. The standard InChI is InChI=1S/C20H23F3N2O6/c1-30-9-15(27)25(10-20(21,22)23)13-8-12(19(29)24-6-7-26)16-11-4-2-3-5-14(11)31-18(16)17(13)28/h2-5,8,13,16-18,26,28H,6-7,9-10H2,1H3,(H,24,29)/t13-,16+,17+,18+/m1/s1. The van der Waals surface area contributed by atoms with Crippen LogP contribution >= 0.6 is 0 Å². The maximum absolute atomic E-state index is 13.2. The van der Waals surface area contributed by atoms with E-state index in [1.165, 1.54) is 6.08 Å². The van der Waals surface area contributed by atoms with E-state index >= 15 is 0 Å². The Balaban J connectivity index is 2.05. The molecule has 0 saturated carbocycles. The number of nitrogens with zero attached hydrogens (tertiary/aromatic N) is 1. The van der Waals surface area contributed by atoms with Gasteiger partial charge in [0.05, 0.1) is 18.6 Å². The van der Waals surface area contributed by atoms with Gasteiger partial charge in [-0.1, -0.05) is 18.2 Å². The van der Waals surface area contributed by atoms with Gasteiger partial charge in [0.2, 0.25) is 11.8 Å². The van der Waals surface area contributed by atoms with E-state index in [1.807, 2.05) is 0 Å². The number of benzene rings is 1. The van der Waals surface area contributed by atoms with Crippen LogP contribution in [0.15, 0.2) is 35.9 Å². The van der Waals surface area contributed by atoms with Crippen molar-refractivity contribution in [1.29, 1.82) is 0 Å². The lowest BCUT2D eigenvalue weighted by atomic mass is 9.77. The fourth-order valence-electron chi connectivity index (χ4n) is 3.95. The molecule has 0 bridgehead atoms. The lowest BCUT2D eigenvalue weighted by molar-refractivity contribution is -0.172. The van der Waals surface area contributed by atoms with Crippen molar-refractivity contribution in [3.8, 4) is 5.75 Å². The number of hydrogen-bond acceptors (Lipinski definition) is 6. The summed E-state index contributed by atoms with van der Waals surface area (Å²) < 4.78 is 50.1. The highest BCUT2D eigenvalue weighted by atomic mass is 19.4. The maximum atomic E-state index is 13.2. The Morgan fingerprint density at radius 3 is 2.65 bits per heavy atom. The van der Waals surface area contributed by atoms with Crippen LogP contribution in [0, 0.1) is 0 Å². The van der Waals surface area contributed by atoms with Crippen LogP contribution in [0.1, 0.15) is 11.5 Å². The van der Waals surface area contributed by atoms with Crippen molar-refractivity contribution in [2.45, 2.75) is 30.3 Å². The highest BCUT2D eigenvalue weighted by Crippen LogP contribution is 2.47. The van der Waals surface area contributed by atoms with Gasteiger partial charge in [0.25, 0.3) is 0 Å². The normalized spacial score (nSPS) is 24.5. The first-order chi connectivity index (χ1) is 14.7. The van der Waals surface area contributed by atoms with E-state index in [4.69, 9.17) is 14.6 Å². The number of para-hydroxylation sites is 1. The zero-order valence-electron chi connectivity index (χ0n) is 16.6. The molecule has 1 aliphatic heterocycles. The smallest absolute Gasteiger partial charge is 0.406 e. The van der Waals surface area contributed by atoms with Gasteiger partial charge in [-0.2, -0.15) is 13.2 Å². The fraction of sp³-hybridized carbons (Fsp3) is 0.500. The molecule has 31 heavy (non-hydrogen) atoms. The van der Waals surface area contributed by atoms with Gasteiger partial charge in [-0.3, -0.25) is 9.59 Å². The zero-order chi connectivity index (χ0) is 22.8. The second-order valence-electron chi connectivity index (χ2n) is 7.25. The minimum atomic E-state index is -4.74. The van der Waals surface area contributed by atoms with E-state index < -0.39 is 55.3 Å². The van der Waals surface area contributed by atoms with Gasteiger partial charge < -0.3 is 29.9 Å². The molecule has 0 aromatic heterocycles. The monoisotopic (exact) mass is 444 g/mol. The highest BCUT2D eigenvalue weighted by molar-refractivity contribution is 5.96.